The second-order valence-electron chi connectivity index (χ2n) is 7.52. The summed E-state index contributed by atoms with van der Waals surface area (Å²) in [5.74, 6) is -1.78. The summed E-state index contributed by atoms with van der Waals surface area (Å²) in [6.45, 7) is -0.310. The van der Waals surface area contributed by atoms with Crippen LogP contribution in [0.3, 0.4) is 0 Å². The predicted octanol–water partition coefficient (Wildman–Crippen LogP) is 3.43. The molecule has 2 heterocycles. The standard InChI is InChI=1S/C24H21F2N5O3/c1-31-22-18(24(33)28-12-15-3-4-16(25)9-19(15)26)10-17(29-21(32)13-34-2)11-20(22)30-23(31)14-5-7-27-8-6-14/h3-11H,12-13H2,1-2H3,(H,28,33)(H,29,32). The second-order valence-corrected chi connectivity index (χ2v) is 7.52. The molecule has 0 saturated heterocycles. The molecule has 2 aromatic carbocycles. The fourth-order valence-corrected chi connectivity index (χ4v) is 3.62. The van der Waals surface area contributed by atoms with Gasteiger partial charge in [0.25, 0.3) is 5.91 Å². The summed E-state index contributed by atoms with van der Waals surface area (Å²) in [6.07, 6.45) is 3.27. The average molecular weight is 465 g/mol. The van der Waals surface area contributed by atoms with E-state index in [1.807, 2.05) is 0 Å². The molecule has 0 radical (unpaired) electrons. The number of nitrogens with one attached hydrogen (secondary N) is 2. The molecule has 0 bridgehead atoms. The van der Waals surface area contributed by atoms with Crippen LogP contribution in [0.5, 0.6) is 0 Å². The number of anilines is 1. The van der Waals surface area contributed by atoms with Crippen LogP contribution in [0.1, 0.15) is 15.9 Å². The van der Waals surface area contributed by atoms with E-state index in [1.165, 1.54) is 19.2 Å². The number of pyridine rings is 1. The van der Waals surface area contributed by atoms with Crippen molar-refractivity contribution in [1.82, 2.24) is 19.9 Å². The van der Waals surface area contributed by atoms with Crippen LogP contribution in [0.15, 0.2) is 54.9 Å². The molecular weight excluding hydrogens is 444 g/mol. The lowest BCUT2D eigenvalue weighted by Crippen LogP contribution is -2.24. The molecule has 0 saturated carbocycles. The summed E-state index contributed by atoms with van der Waals surface area (Å²) in [6, 6.07) is 9.91. The van der Waals surface area contributed by atoms with E-state index in [-0.39, 0.29) is 24.3 Å². The molecule has 0 aliphatic carbocycles. The van der Waals surface area contributed by atoms with E-state index >= 15 is 0 Å². The number of benzene rings is 2. The van der Waals surface area contributed by atoms with Crippen LogP contribution in [0.4, 0.5) is 14.5 Å². The molecule has 8 nitrogen and oxygen atoms in total. The van der Waals surface area contributed by atoms with E-state index in [4.69, 9.17) is 4.74 Å². The smallest absolute Gasteiger partial charge is 0.253 e. The maximum absolute atomic E-state index is 14.0. The van der Waals surface area contributed by atoms with Gasteiger partial charge >= 0.3 is 0 Å². The lowest BCUT2D eigenvalue weighted by Gasteiger charge is -2.12. The van der Waals surface area contributed by atoms with E-state index in [1.54, 1.807) is 42.2 Å². The van der Waals surface area contributed by atoms with E-state index in [2.05, 4.69) is 20.6 Å². The van der Waals surface area contributed by atoms with Gasteiger partial charge in [-0.3, -0.25) is 14.6 Å². The molecule has 0 spiro atoms. The van der Waals surface area contributed by atoms with Crippen molar-refractivity contribution in [3.63, 3.8) is 0 Å². The number of hydrogen-bond donors (Lipinski definition) is 2. The van der Waals surface area contributed by atoms with Crippen LogP contribution >= 0.6 is 0 Å². The first-order valence-corrected chi connectivity index (χ1v) is 10.3. The molecule has 174 valence electrons. The number of hydrogen-bond acceptors (Lipinski definition) is 5. The van der Waals surface area contributed by atoms with E-state index in [9.17, 15) is 18.4 Å². The largest absolute Gasteiger partial charge is 0.375 e. The van der Waals surface area contributed by atoms with Gasteiger partial charge in [0.15, 0.2) is 0 Å². The number of halogens is 2. The Hall–Kier alpha value is -4.18. The molecule has 0 atom stereocenters. The number of aromatic nitrogens is 3. The highest BCUT2D eigenvalue weighted by Crippen LogP contribution is 2.29. The van der Waals surface area contributed by atoms with Crippen molar-refractivity contribution < 1.29 is 23.1 Å². The highest BCUT2D eigenvalue weighted by molar-refractivity contribution is 6.08. The first kappa shape index (κ1) is 23.0. The number of fused-ring (bicyclic) bond motifs is 1. The Morgan fingerprint density at radius 2 is 1.85 bits per heavy atom. The third kappa shape index (κ3) is 4.76. The molecule has 2 aromatic heterocycles. The van der Waals surface area contributed by atoms with Crippen molar-refractivity contribution in [3.05, 3.63) is 77.6 Å². The monoisotopic (exact) mass is 465 g/mol. The van der Waals surface area contributed by atoms with Gasteiger partial charge in [0.05, 0.1) is 16.6 Å². The van der Waals surface area contributed by atoms with Crippen molar-refractivity contribution >= 4 is 28.5 Å². The highest BCUT2D eigenvalue weighted by Gasteiger charge is 2.20. The Morgan fingerprint density at radius 1 is 1.09 bits per heavy atom. The summed E-state index contributed by atoms with van der Waals surface area (Å²) in [5.41, 5.74) is 2.50. The van der Waals surface area contributed by atoms with Gasteiger partial charge in [0.2, 0.25) is 5.91 Å². The molecule has 2 N–H and O–H groups in total. The van der Waals surface area contributed by atoms with Gasteiger partial charge in [-0.05, 0) is 30.3 Å². The van der Waals surface area contributed by atoms with Crippen LogP contribution < -0.4 is 10.6 Å². The molecule has 10 heteroatoms. The quantitative estimate of drug-likeness (QED) is 0.436. The molecular formula is C24H21F2N5O3. The molecule has 2 amide bonds. The van der Waals surface area contributed by atoms with Crippen molar-refractivity contribution in [2.24, 2.45) is 7.05 Å². The fourth-order valence-electron chi connectivity index (χ4n) is 3.62. The molecule has 4 rings (SSSR count). The Morgan fingerprint density at radius 3 is 2.56 bits per heavy atom. The number of carbonyl (C=O) groups is 2. The first-order chi connectivity index (χ1) is 16.4. The van der Waals surface area contributed by atoms with Crippen molar-refractivity contribution in [2.75, 3.05) is 19.0 Å². The van der Waals surface area contributed by atoms with E-state index in [0.717, 1.165) is 17.7 Å². The maximum Gasteiger partial charge on any atom is 0.253 e. The summed E-state index contributed by atoms with van der Waals surface area (Å²) in [7, 11) is 3.17. The van der Waals surface area contributed by atoms with Gasteiger partial charge in [0.1, 0.15) is 24.1 Å². The van der Waals surface area contributed by atoms with Gasteiger partial charge in [-0.1, -0.05) is 6.07 Å². The number of aryl methyl sites for hydroxylation is 1. The topological polar surface area (TPSA) is 98.1 Å². The van der Waals surface area contributed by atoms with Gasteiger partial charge in [-0.2, -0.15) is 0 Å². The fraction of sp³-hybridized carbons (Fsp3) is 0.167. The zero-order valence-corrected chi connectivity index (χ0v) is 18.4. The summed E-state index contributed by atoms with van der Waals surface area (Å²) in [4.78, 5) is 33.9. The molecule has 34 heavy (non-hydrogen) atoms. The lowest BCUT2D eigenvalue weighted by atomic mass is 10.1. The Bertz CT molecular complexity index is 1370. The number of ether oxygens (including phenoxy) is 1. The minimum absolute atomic E-state index is 0.137. The second kappa shape index (κ2) is 9.75. The SMILES string of the molecule is COCC(=O)Nc1cc(C(=O)NCc2ccc(F)cc2F)c2c(c1)nc(-c1ccncc1)n2C. The normalized spacial score (nSPS) is 10.9. The zero-order valence-electron chi connectivity index (χ0n) is 18.4. The van der Waals surface area contributed by atoms with E-state index < -0.39 is 23.4 Å². The Labute approximate surface area is 193 Å². The number of carbonyl (C=O) groups excluding carboxylic acids is 2. The van der Waals surface area contributed by atoms with Crippen molar-refractivity contribution in [3.8, 4) is 11.4 Å². The van der Waals surface area contributed by atoms with Crippen molar-refractivity contribution in [1.29, 1.82) is 0 Å². The number of amides is 2. The van der Waals surface area contributed by atoms with Gasteiger partial charge in [-0.15, -0.1) is 0 Å². The molecule has 0 unspecified atom stereocenters. The number of methoxy groups -OCH3 is 1. The number of nitrogens with zero attached hydrogens (tertiary/aromatic N) is 3. The minimum Gasteiger partial charge on any atom is -0.375 e. The maximum atomic E-state index is 14.0. The third-order valence-corrected chi connectivity index (χ3v) is 5.17. The molecule has 0 aliphatic rings. The summed E-state index contributed by atoms with van der Waals surface area (Å²) < 4.78 is 33.8. The Kier molecular flexibility index (Phi) is 6.60. The minimum atomic E-state index is -0.758. The lowest BCUT2D eigenvalue weighted by molar-refractivity contribution is -0.119. The molecule has 0 fully saturated rings. The average Bonchev–Trinajstić information content (AvgIpc) is 3.14. The van der Waals surface area contributed by atoms with E-state index in [0.29, 0.717) is 22.5 Å². The molecule has 4 aromatic rings. The van der Waals surface area contributed by atoms with Crippen LogP contribution in [0, 0.1) is 11.6 Å². The van der Waals surface area contributed by atoms with Crippen molar-refractivity contribution in [2.45, 2.75) is 6.54 Å². The van der Waals surface area contributed by atoms with Crippen LogP contribution in [0.25, 0.3) is 22.4 Å². The van der Waals surface area contributed by atoms with Crippen LogP contribution in [-0.2, 0) is 23.1 Å². The summed E-state index contributed by atoms with van der Waals surface area (Å²) in [5, 5.41) is 5.34. The zero-order chi connectivity index (χ0) is 24.2. The highest BCUT2D eigenvalue weighted by atomic mass is 19.1. The van der Waals surface area contributed by atoms with Crippen LogP contribution in [-0.4, -0.2) is 40.1 Å². The van der Waals surface area contributed by atoms with Gasteiger partial charge < -0.3 is 19.9 Å². The number of rotatable bonds is 7. The van der Waals surface area contributed by atoms with Gasteiger partial charge in [-0.25, -0.2) is 13.8 Å². The summed E-state index contributed by atoms with van der Waals surface area (Å²) >= 11 is 0. The first-order valence-electron chi connectivity index (χ1n) is 10.3. The number of imidazole rings is 1. The predicted molar refractivity (Wildman–Crippen MR) is 122 cm³/mol. The third-order valence-electron chi connectivity index (χ3n) is 5.17. The van der Waals surface area contributed by atoms with Crippen LogP contribution in [0.2, 0.25) is 0 Å². The van der Waals surface area contributed by atoms with Gasteiger partial charge in [0, 0.05) is 56.0 Å². The molecule has 0 aliphatic heterocycles. The Balaban J connectivity index is 1.74.